The fraction of sp³-hybridized carbons (Fsp3) is 0.208. The van der Waals surface area contributed by atoms with Crippen molar-refractivity contribution in [1.82, 2.24) is 19.6 Å². The molecule has 0 saturated heterocycles. The summed E-state index contributed by atoms with van der Waals surface area (Å²) in [6, 6.07) is 17.5. The Labute approximate surface area is 192 Å². The number of hydrogen-bond acceptors (Lipinski definition) is 6. The number of nitrogens with zero attached hydrogens (tertiary/aromatic N) is 3. The molecular formula is C24H21N5O5. The number of H-pyrrole nitrogens is 1. The summed E-state index contributed by atoms with van der Waals surface area (Å²) in [6.45, 7) is -1.08. The molecule has 0 atom stereocenters. The van der Waals surface area contributed by atoms with Crippen molar-refractivity contribution in [2.75, 3.05) is 11.9 Å². The van der Waals surface area contributed by atoms with Crippen molar-refractivity contribution in [1.29, 1.82) is 0 Å². The molecule has 10 nitrogen and oxygen atoms in total. The highest BCUT2D eigenvalue weighted by atomic mass is 16.5. The minimum absolute atomic E-state index is 0.192. The van der Waals surface area contributed by atoms with Gasteiger partial charge in [-0.05, 0) is 37.1 Å². The third-order valence-electron chi connectivity index (χ3n) is 5.53. The van der Waals surface area contributed by atoms with Crippen LogP contribution in [0.25, 0.3) is 16.5 Å². The van der Waals surface area contributed by atoms with Crippen molar-refractivity contribution in [2.24, 2.45) is 0 Å². The summed E-state index contributed by atoms with van der Waals surface area (Å²) >= 11 is 0. The first kappa shape index (κ1) is 21.4. The van der Waals surface area contributed by atoms with Crippen LogP contribution >= 0.6 is 0 Å². The van der Waals surface area contributed by atoms with Crippen molar-refractivity contribution < 1.29 is 14.3 Å². The molecule has 0 unspecified atom stereocenters. The minimum atomic E-state index is -0.835. The Morgan fingerprint density at radius 3 is 2.47 bits per heavy atom. The molecule has 1 aliphatic carbocycles. The molecular weight excluding hydrogens is 438 g/mol. The van der Waals surface area contributed by atoms with Crippen LogP contribution in [-0.2, 0) is 20.9 Å². The smallest absolute Gasteiger partial charge is 0.328 e. The van der Waals surface area contributed by atoms with Gasteiger partial charge in [0.15, 0.2) is 6.61 Å². The number of anilines is 1. The highest BCUT2D eigenvalue weighted by molar-refractivity contribution is 5.92. The number of para-hydroxylation sites is 1. The quantitative estimate of drug-likeness (QED) is 0.407. The van der Waals surface area contributed by atoms with Crippen LogP contribution in [0.1, 0.15) is 24.5 Å². The number of amides is 1. The van der Waals surface area contributed by atoms with Gasteiger partial charge in [-0.25, -0.2) is 9.36 Å². The molecule has 2 heterocycles. The highest BCUT2D eigenvalue weighted by Crippen LogP contribution is 2.40. The van der Waals surface area contributed by atoms with Crippen molar-refractivity contribution in [3.8, 4) is 5.69 Å². The number of aromatic amines is 1. The van der Waals surface area contributed by atoms with E-state index in [0.29, 0.717) is 11.7 Å². The van der Waals surface area contributed by atoms with E-state index in [4.69, 9.17) is 4.74 Å². The number of rotatable bonds is 7. The van der Waals surface area contributed by atoms with E-state index in [2.05, 4.69) is 15.5 Å². The molecule has 172 valence electrons. The molecule has 1 aliphatic rings. The molecule has 0 bridgehead atoms. The van der Waals surface area contributed by atoms with E-state index in [0.717, 1.165) is 28.9 Å². The van der Waals surface area contributed by atoms with Gasteiger partial charge in [-0.2, -0.15) is 5.10 Å². The van der Waals surface area contributed by atoms with Gasteiger partial charge in [0.2, 0.25) is 0 Å². The van der Waals surface area contributed by atoms with E-state index in [9.17, 15) is 19.2 Å². The van der Waals surface area contributed by atoms with Crippen LogP contribution in [0.15, 0.2) is 70.3 Å². The second-order valence-corrected chi connectivity index (χ2v) is 8.06. The lowest BCUT2D eigenvalue weighted by molar-refractivity contribution is -0.148. The topological polar surface area (TPSA) is 128 Å². The summed E-state index contributed by atoms with van der Waals surface area (Å²) in [5.74, 6) is -0.518. The Morgan fingerprint density at radius 2 is 1.74 bits per heavy atom. The molecule has 1 saturated carbocycles. The number of fused-ring (bicyclic) bond motifs is 1. The molecule has 1 amide bonds. The zero-order chi connectivity index (χ0) is 23.7. The van der Waals surface area contributed by atoms with E-state index in [-0.39, 0.29) is 10.8 Å². The summed E-state index contributed by atoms with van der Waals surface area (Å²) in [6.07, 6.45) is 2.13. The Kier molecular flexibility index (Phi) is 5.54. The van der Waals surface area contributed by atoms with Crippen LogP contribution in [-0.4, -0.2) is 38.0 Å². The number of esters is 1. The third kappa shape index (κ3) is 4.38. The van der Waals surface area contributed by atoms with Crippen molar-refractivity contribution in [2.45, 2.75) is 25.3 Å². The van der Waals surface area contributed by atoms with E-state index in [1.807, 2.05) is 36.4 Å². The van der Waals surface area contributed by atoms with Crippen LogP contribution in [0, 0.1) is 0 Å². The Morgan fingerprint density at radius 1 is 1.03 bits per heavy atom. The van der Waals surface area contributed by atoms with Gasteiger partial charge in [-0.15, -0.1) is 0 Å². The van der Waals surface area contributed by atoms with Crippen LogP contribution < -0.4 is 16.4 Å². The minimum Gasteiger partial charge on any atom is -0.454 e. The lowest BCUT2D eigenvalue weighted by atomic mass is 10.2. The van der Waals surface area contributed by atoms with Gasteiger partial charge in [0.25, 0.3) is 17.0 Å². The Balaban J connectivity index is 1.26. The number of ether oxygens (including phenoxy) is 1. The number of carbonyl (C=O) groups is 2. The summed E-state index contributed by atoms with van der Waals surface area (Å²) in [5.41, 5.74) is 0.662. The van der Waals surface area contributed by atoms with Gasteiger partial charge in [-0.1, -0.05) is 30.3 Å². The number of benzene rings is 2. The van der Waals surface area contributed by atoms with Gasteiger partial charge in [0.1, 0.15) is 12.4 Å². The van der Waals surface area contributed by atoms with Crippen LogP contribution in [0.3, 0.4) is 0 Å². The molecule has 2 aromatic heterocycles. The number of aromatic nitrogens is 4. The molecule has 34 heavy (non-hydrogen) atoms. The third-order valence-corrected chi connectivity index (χ3v) is 5.53. The maximum atomic E-state index is 12.5. The van der Waals surface area contributed by atoms with Crippen LogP contribution in [0.4, 0.5) is 5.82 Å². The Hall–Kier alpha value is -4.47. The van der Waals surface area contributed by atoms with E-state index in [1.54, 1.807) is 16.8 Å². The fourth-order valence-corrected chi connectivity index (χ4v) is 3.69. The standard InChI is InChI=1S/C24H21N5O5/c30-21(25-20-12-19(15-10-11-15)26-29(20)16-6-2-1-3-7-16)14-34-22(31)13-28-24(33)18-9-5-4-8-17(18)23(32)27-28/h1-9,12,15H,10-11,13-14H2,(H,25,30)(H,27,32). The molecule has 1 fully saturated rings. The lowest BCUT2D eigenvalue weighted by Gasteiger charge is -2.10. The summed E-state index contributed by atoms with van der Waals surface area (Å²) < 4.78 is 7.55. The molecule has 5 rings (SSSR count). The van der Waals surface area contributed by atoms with Gasteiger partial charge >= 0.3 is 5.97 Å². The monoisotopic (exact) mass is 459 g/mol. The zero-order valence-electron chi connectivity index (χ0n) is 18.1. The molecule has 2 N–H and O–H groups in total. The molecule has 0 aliphatic heterocycles. The first-order valence-corrected chi connectivity index (χ1v) is 10.8. The van der Waals surface area contributed by atoms with Gasteiger partial charge in [0, 0.05) is 12.0 Å². The van der Waals surface area contributed by atoms with Gasteiger partial charge in [-0.3, -0.25) is 24.3 Å². The molecule has 0 radical (unpaired) electrons. The summed E-state index contributed by atoms with van der Waals surface area (Å²) in [5, 5.41) is 10.1. The first-order chi connectivity index (χ1) is 16.5. The second kappa shape index (κ2) is 8.81. The van der Waals surface area contributed by atoms with Crippen LogP contribution in [0.5, 0.6) is 0 Å². The second-order valence-electron chi connectivity index (χ2n) is 8.06. The first-order valence-electron chi connectivity index (χ1n) is 10.8. The molecule has 10 heteroatoms. The number of nitrogens with one attached hydrogen (secondary N) is 2. The van der Waals surface area contributed by atoms with E-state index in [1.165, 1.54) is 12.1 Å². The average Bonchev–Trinajstić information content (AvgIpc) is 3.62. The normalized spacial score (nSPS) is 13.1. The summed E-state index contributed by atoms with van der Waals surface area (Å²) in [7, 11) is 0. The van der Waals surface area contributed by atoms with Gasteiger partial charge in [0.05, 0.1) is 22.2 Å². The largest absolute Gasteiger partial charge is 0.454 e. The van der Waals surface area contributed by atoms with E-state index < -0.39 is 36.1 Å². The maximum absolute atomic E-state index is 12.5. The zero-order valence-corrected chi connectivity index (χ0v) is 18.1. The highest BCUT2D eigenvalue weighted by Gasteiger charge is 2.28. The SMILES string of the molecule is O=C(COC(=O)Cn1[nH]c(=O)c2ccccc2c1=O)Nc1cc(C2CC2)nn1-c1ccccc1. The van der Waals surface area contributed by atoms with Crippen molar-refractivity contribution in [3.05, 3.63) is 87.1 Å². The maximum Gasteiger partial charge on any atom is 0.328 e. The lowest BCUT2D eigenvalue weighted by Crippen LogP contribution is -2.33. The molecule has 0 spiro atoms. The predicted molar refractivity (Wildman–Crippen MR) is 124 cm³/mol. The predicted octanol–water partition coefficient (Wildman–Crippen LogP) is 1.93. The summed E-state index contributed by atoms with van der Waals surface area (Å²) in [4.78, 5) is 49.4. The van der Waals surface area contributed by atoms with Crippen molar-refractivity contribution in [3.63, 3.8) is 0 Å². The Bertz CT molecular complexity index is 1500. The van der Waals surface area contributed by atoms with Crippen LogP contribution in [0.2, 0.25) is 0 Å². The van der Waals surface area contributed by atoms with Gasteiger partial charge < -0.3 is 10.1 Å². The molecule has 4 aromatic rings. The number of hydrogen-bond donors (Lipinski definition) is 2. The average molecular weight is 459 g/mol. The van der Waals surface area contributed by atoms with E-state index >= 15 is 0 Å². The fourth-order valence-electron chi connectivity index (χ4n) is 3.69. The van der Waals surface area contributed by atoms with Crippen molar-refractivity contribution >= 4 is 28.5 Å². The molecule has 2 aromatic carbocycles. The number of carbonyl (C=O) groups excluding carboxylic acids is 2.